The topological polar surface area (TPSA) is 43.7 Å². The van der Waals surface area contributed by atoms with Gasteiger partial charge in [0.15, 0.2) is 0 Å². The van der Waals surface area contributed by atoms with Gasteiger partial charge in [-0.05, 0) is 19.8 Å². The van der Waals surface area contributed by atoms with Gasteiger partial charge in [0.25, 0.3) is 0 Å². The van der Waals surface area contributed by atoms with E-state index in [-0.39, 0.29) is 19.3 Å². The van der Waals surface area contributed by atoms with Crippen LogP contribution in [0.25, 0.3) is 0 Å². The third-order valence-electron chi connectivity index (χ3n) is 2.52. The molecule has 0 aromatic carbocycles. The van der Waals surface area contributed by atoms with Crippen molar-refractivity contribution in [1.82, 2.24) is 4.90 Å². The Kier molecular flexibility index (Phi) is 7.23. The highest BCUT2D eigenvalue weighted by molar-refractivity contribution is 4.84. The summed E-state index contributed by atoms with van der Waals surface area (Å²) in [6.45, 7) is 7.27. The number of hydrogen-bond donors (Lipinski definition) is 2. The fourth-order valence-corrected chi connectivity index (χ4v) is 1.84. The van der Waals surface area contributed by atoms with Gasteiger partial charge in [0.2, 0.25) is 0 Å². The van der Waals surface area contributed by atoms with Crippen molar-refractivity contribution in [2.45, 2.75) is 45.7 Å². The van der Waals surface area contributed by atoms with E-state index in [1.165, 1.54) is 0 Å². The second-order valence-electron chi connectivity index (χ2n) is 3.22. The second kappa shape index (κ2) is 7.30. The quantitative estimate of drug-likeness (QED) is 0.692. The molecule has 2 unspecified atom stereocenters. The van der Waals surface area contributed by atoms with Crippen LogP contribution in [0.15, 0.2) is 0 Å². The van der Waals surface area contributed by atoms with Crippen LogP contribution in [0.1, 0.15) is 33.6 Å². The van der Waals surface area contributed by atoms with E-state index in [0.29, 0.717) is 12.6 Å². The summed E-state index contributed by atoms with van der Waals surface area (Å²) in [7, 11) is 0. The zero-order chi connectivity index (χ0) is 10.3. The predicted molar refractivity (Wildman–Crippen MR) is 54.7 cm³/mol. The molecule has 1 heterocycles. The van der Waals surface area contributed by atoms with E-state index in [0.717, 1.165) is 12.8 Å². The van der Waals surface area contributed by atoms with Crippen LogP contribution in [0.5, 0.6) is 0 Å². The van der Waals surface area contributed by atoms with Crippen LogP contribution in [0, 0.1) is 0 Å². The maximum atomic E-state index is 8.96. The molecule has 0 saturated carbocycles. The van der Waals surface area contributed by atoms with Crippen molar-refractivity contribution < 1.29 is 10.2 Å². The molecule has 0 aromatic rings. The van der Waals surface area contributed by atoms with Gasteiger partial charge in [-0.1, -0.05) is 13.8 Å². The minimum Gasteiger partial charge on any atom is -0.395 e. The molecule has 0 radical (unpaired) electrons. The molecule has 80 valence electrons. The first-order valence-corrected chi connectivity index (χ1v) is 5.27. The number of likely N-dealkylation sites (tertiary alicyclic amines) is 1. The number of aliphatic hydroxyl groups excluding tert-OH is 2. The van der Waals surface area contributed by atoms with Crippen LogP contribution in [0.2, 0.25) is 0 Å². The van der Waals surface area contributed by atoms with Crippen LogP contribution in [0.4, 0.5) is 0 Å². The molecule has 0 aromatic heterocycles. The third kappa shape index (κ3) is 3.63. The minimum absolute atomic E-state index is 0.195. The molecule has 1 aliphatic rings. The number of β-amino-alcohol motifs (C(OH)–C–C–N with tert-alkyl or cyclic N) is 1. The van der Waals surface area contributed by atoms with Crippen LogP contribution in [-0.2, 0) is 0 Å². The summed E-state index contributed by atoms with van der Waals surface area (Å²) in [4.78, 5) is 2.18. The lowest BCUT2D eigenvalue weighted by Gasteiger charge is -2.25. The number of rotatable bonds is 3. The molecule has 13 heavy (non-hydrogen) atoms. The van der Waals surface area contributed by atoms with Crippen molar-refractivity contribution >= 4 is 0 Å². The van der Waals surface area contributed by atoms with Gasteiger partial charge < -0.3 is 10.2 Å². The summed E-state index contributed by atoms with van der Waals surface area (Å²) in [5, 5.41) is 17.7. The van der Waals surface area contributed by atoms with E-state index in [4.69, 9.17) is 10.2 Å². The van der Waals surface area contributed by atoms with E-state index in [1.54, 1.807) is 0 Å². The maximum Gasteiger partial charge on any atom is 0.0587 e. The van der Waals surface area contributed by atoms with Gasteiger partial charge in [0.05, 0.1) is 13.2 Å². The van der Waals surface area contributed by atoms with Gasteiger partial charge in [-0.2, -0.15) is 0 Å². The highest BCUT2D eigenvalue weighted by Crippen LogP contribution is 2.22. The highest BCUT2D eigenvalue weighted by Gasteiger charge is 2.28. The molecule has 0 amide bonds. The van der Waals surface area contributed by atoms with Crippen LogP contribution in [0.3, 0.4) is 0 Å². The van der Waals surface area contributed by atoms with E-state index in [9.17, 15) is 0 Å². The zero-order valence-electron chi connectivity index (χ0n) is 9.03. The summed E-state index contributed by atoms with van der Waals surface area (Å²) < 4.78 is 0. The van der Waals surface area contributed by atoms with Crippen molar-refractivity contribution in [2.24, 2.45) is 0 Å². The highest BCUT2D eigenvalue weighted by atomic mass is 16.3. The average Bonchev–Trinajstić information content (AvgIpc) is 2.52. The number of hydrogen-bond acceptors (Lipinski definition) is 3. The Morgan fingerprint density at radius 2 is 1.85 bits per heavy atom. The number of nitrogens with zero attached hydrogens (tertiary/aromatic N) is 1. The van der Waals surface area contributed by atoms with Crippen molar-refractivity contribution in [3.63, 3.8) is 0 Å². The normalized spacial score (nSPS) is 28.4. The first kappa shape index (κ1) is 12.9. The van der Waals surface area contributed by atoms with Gasteiger partial charge in [-0.3, -0.25) is 4.90 Å². The van der Waals surface area contributed by atoms with Gasteiger partial charge in [-0.15, -0.1) is 0 Å². The third-order valence-corrected chi connectivity index (χ3v) is 2.52. The summed E-state index contributed by atoms with van der Waals surface area (Å²) in [6.07, 6.45) is 2.21. The Morgan fingerprint density at radius 1 is 1.23 bits per heavy atom. The molecule has 0 aliphatic carbocycles. The van der Waals surface area contributed by atoms with Gasteiger partial charge in [-0.25, -0.2) is 0 Å². The molecule has 2 N–H and O–H groups in total. The van der Waals surface area contributed by atoms with Gasteiger partial charge in [0.1, 0.15) is 0 Å². The Bertz CT molecular complexity index is 119. The molecule has 1 aliphatic heterocycles. The van der Waals surface area contributed by atoms with E-state index >= 15 is 0 Å². The molecule has 3 nitrogen and oxygen atoms in total. The fraction of sp³-hybridized carbons (Fsp3) is 1.00. The summed E-state index contributed by atoms with van der Waals surface area (Å²) in [5.74, 6) is 0. The lowest BCUT2D eigenvalue weighted by atomic mass is 10.2. The first-order chi connectivity index (χ1) is 6.29. The monoisotopic (exact) mass is 189 g/mol. The van der Waals surface area contributed by atoms with Crippen molar-refractivity contribution in [1.29, 1.82) is 0 Å². The van der Waals surface area contributed by atoms with E-state index in [1.807, 2.05) is 13.8 Å². The van der Waals surface area contributed by atoms with Crippen molar-refractivity contribution in [2.75, 3.05) is 19.8 Å². The lowest BCUT2D eigenvalue weighted by molar-refractivity contribution is 0.111. The maximum absolute atomic E-state index is 8.96. The molecule has 0 bridgehead atoms. The van der Waals surface area contributed by atoms with Gasteiger partial charge in [0, 0.05) is 18.6 Å². The Hall–Kier alpha value is -0.120. The van der Waals surface area contributed by atoms with Crippen molar-refractivity contribution in [3.8, 4) is 0 Å². The van der Waals surface area contributed by atoms with E-state index in [2.05, 4.69) is 11.8 Å². The largest absolute Gasteiger partial charge is 0.395 e. The molecule has 0 spiro atoms. The summed E-state index contributed by atoms with van der Waals surface area (Å²) in [5.41, 5.74) is 0. The molecule has 2 atom stereocenters. The standard InChI is InChI=1S/C8H17NO2.C2H6/c1-7-2-3-8(6-11)9(7)4-5-10;1-2/h7-8,10-11H,2-6H2,1H3;1-2H3. The van der Waals surface area contributed by atoms with Crippen LogP contribution in [-0.4, -0.2) is 47.0 Å². The Labute approximate surface area is 81.4 Å². The SMILES string of the molecule is CC.CC1CCC(CO)N1CCO. The Morgan fingerprint density at radius 3 is 2.31 bits per heavy atom. The fourth-order valence-electron chi connectivity index (χ4n) is 1.84. The second-order valence-corrected chi connectivity index (χ2v) is 3.22. The van der Waals surface area contributed by atoms with Crippen LogP contribution >= 0.6 is 0 Å². The molecule has 1 saturated heterocycles. The summed E-state index contributed by atoms with van der Waals surface area (Å²) >= 11 is 0. The minimum atomic E-state index is 0.195. The van der Waals surface area contributed by atoms with Crippen LogP contribution < -0.4 is 0 Å². The Balaban J connectivity index is 0.000000671. The molecule has 1 rings (SSSR count). The smallest absolute Gasteiger partial charge is 0.0587 e. The molecule has 1 fully saturated rings. The first-order valence-electron chi connectivity index (χ1n) is 5.27. The average molecular weight is 189 g/mol. The molecule has 3 heteroatoms. The molecular formula is C10H23NO2. The number of aliphatic hydroxyl groups is 2. The lowest BCUT2D eigenvalue weighted by Crippen LogP contribution is -2.38. The van der Waals surface area contributed by atoms with E-state index < -0.39 is 0 Å². The van der Waals surface area contributed by atoms with Gasteiger partial charge >= 0.3 is 0 Å². The van der Waals surface area contributed by atoms with Crippen molar-refractivity contribution in [3.05, 3.63) is 0 Å². The predicted octanol–water partition coefficient (Wildman–Crippen LogP) is 0.850. The summed E-state index contributed by atoms with van der Waals surface area (Å²) in [6, 6.07) is 0.816. The molecular weight excluding hydrogens is 166 g/mol. The zero-order valence-corrected chi connectivity index (χ0v) is 9.03.